The number of carbonyl (C=O) groups excluding carboxylic acids is 1. The van der Waals surface area contributed by atoms with Crippen LogP contribution < -0.4 is 19.6 Å². The second-order valence-electron chi connectivity index (χ2n) is 8.03. The van der Waals surface area contributed by atoms with Crippen LogP contribution in [0.2, 0.25) is 0 Å². The fourth-order valence-corrected chi connectivity index (χ4v) is 3.91. The van der Waals surface area contributed by atoms with Crippen molar-refractivity contribution in [3.63, 3.8) is 0 Å². The molecule has 0 bridgehead atoms. The van der Waals surface area contributed by atoms with Gasteiger partial charge in [0.25, 0.3) is 0 Å². The molecule has 5 N–H and O–H groups in total. The number of phenolic OH excluding ortho intramolecular Hbond substituents is 2. The normalized spacial score (nSPS) is 23.5. The highest BCUT2D eigenvalue weighted by Gasteiger charge is 2.48. The molecule has 1 fully saturated rings. The fraction of sp³-hybridized carbons (Fsp3) is 0.333. The van der Waals surface area contributed by atoms with Gasteiger partial charge in [-0.3, -0.25) is 4.79 Å². The van der Waals surface area contributed by atoms with Crippen molar-refractivity contribution in [3.05, 3.63) is 40.6 Å². The lowest BCUT2D eigenvalue weighted by Gasteiger charge is -2.38. The predicted octanol–water partition coefficient (Wildman–Crippen LogP) is 0.248. The van der Waals surface area contributed by atoms with Crippen LogP contribution >= 0.6 is 0 Å². The Morgan fingerprint density at radius 3 is 2.27 bits per heavy atom. The molecule has 1 aliphatic heterocycles. The summed E-state index contributed by atoms with van der Waals surface area (Å²) in [5, 5.41) is 51.2. The number of hydrogen-bond donors (Lipinski definition) is 5. The summed E-state index contributed by atoms with van der Waals surface area (Å²) < 4.78 is 31.4. The second-order valence-corrected chi connectivity index (χ2v) is 8.03. The van der Waals surface area contributed by atoms with Crippen molar-refractivity contribution in [2.24, 2.45) is 0 Å². The molecule has 4 rings (SSSR count). The topological polar surface area (TPSA) is 195 Å². The monoisotopic (exact) mass is 520 g/mol. The van der Waals surface area contributed by atoms with Crippen molar-refractivity contribution >= 4 is 16.9 Å². The van der Waals surface area contributed by atoms with Gasteiger partial charge >= 0.3 is 5.97 Å². The minimum absolute atomic E-state index is 0.0317. The first-order chi connectivity index (χ1) is 17.6. The van der Waals surface area contributed by atoms with Crippen LogP contribution in [0.4, 0.5) is 0 Å². The zero-order chi connectivity index (χ0) is 27.0. The highest BCUT2D eigenvalue weighted by Crippen LogP contribution is 2.43. The number of hydrogen-bond acceptors (Lipinski definition) is 13. The molecule has 0 unspecified atom stereocenters. The summed E-state index contributed by atoms with van der Waals surface area (Å²) in [7, 11) is 3.60. The summed E-state index contributed by atoms with van der Waals surface area (Å²) in [4.78, 5) is 24.8. The molecule has 198 valence electrons. The molecule has 5 atom stereocenters. The Hall–Kier alpha value is -4.04. The van der Waals surface area contributed by atoms with Gasteiger partial charge in [-0.25, -0.2) is 4.79 Å². The molecule has 0 aliphatic carbocycles. The standard InChI is InChI=1S/C24H24O13/c1-32-12-5-4-9(6-10(12)25)13-7-11(26)16-14(35-13)8-15(21(33-2)17(16)27)36-24-20(30)18(28)19(29)22(37-24)23(31)34-3/h4-8,18-20,22,24-25,27-30H,1-3H3/t18-,19+,20-,22+,24-/m1/s1. The number of methoxy groups -OCH3 is 3. The molecule has 0 saturated carbocycles. The van der Waals surface area contributed by atoms with Crippen LogP contribution in [0.15, 0.2) is 39.5 Å². The molecule has 0 spiro atoms. The van der Waals surface area contributed by atoms with Crippen molar-refractivity contribution < 1.29 is 58.4 Å². The Morgan fingerprint density at radius 1 is 0.919 bits per heavy atom. The first-order valence-electron chi connectivity index (χ1n) is 10.8. The zero-order valence-corrected chi connectivity index (χ0v) is 19.8. The highest BCUT2D eigenvalue weighted by atomic mass is 16.7. The summed E-state index contributed by atoms with van der Waals surface area (Å²) in [6, 6.07) is 6.60. The molecule has 1 saturated heterocycles. The van der Waals surface area contributed by atoms with Gasteiger partial charge in [0.2, 0.25) is 12.0 Å². The maximum absolute atomic E-state index is 12.9. The van der Waals surface area contributed by atoms with Crippen molar-refractivity contribution in [3.8, 4) is 40.1 Å². The van der Waals surface area contributed by atoms with Gasteiger partial charge in [0.1, 0.15) is 35.0 Å². The minimum atomic E-state index is -1.85. The molecule has 3 aromatic rings. The zero-order valence-electron chi connectivity index (χ0n) is 19.8. The molecule has 13 nitrogen and oxygen atoms in total. The van der Waals surface area contributed by atoms with Crippen molar-refractivity contribution in [1.82, 2.24) is 0 Å². The lowest BCUT2D eigenvalue weighted by Crippen LogP contribution is -2.61. The molecule has 1 aromatic heterocycles. The highest BCUT2D eigenvalue weighted by molar-refractivity contribution is 5.89. The van der Waals surface area contributed by atoms with Gasteiger partial charge in [-0.2, -0.15) is 0 Å². The molecule has 2 heterocycles. The SMILES string of the molecule is COC(=O)[C@H]1O[C@@H](Oc2cc3oc(-c4ccc(OC)c(O)c4)cc(=O)c3c(O)c2OC)[C@H](O)[C@H](O)[C@@H]1O. The van der Waals surface area contributed by atoms with Gasteiger partial charge in [-0.05, 0) is 18.2 Å². The Balaban J connectivity index is 1.79. The van der Waals surface area contributed by atoms with Crippen LogP contribution in [0, 0.1) is 0 Å². The molecule has 13 heteroatoms. The number of benzene rings is 2. The molecular weight excluding hydrogens is 496 g/mol. The molecule has 0 amide bonds. The molecule has 1 aliphatic rings. The van der Waals surface area contributed by atoms with Crippen molar-refractivity contribution in [2.45, 2.75) is 30.7 Å². The lowest BCUT2D eigenvalue weighted by molar-refractivity contribution is -0.272. The Bertz CT molecular complexity index is 1380. The van der Waals surface area contributed by atoms with E-state index in [0.29, 0.717) is 5.56 Å². The van der Waals surface area contributed by atoms with Gasteiger partial charge in [-0.15, -0.1) is 0 Å². The average Bonchev–Trinajstić information content (AvgIpc) is 2.88. The number of esters is 1. The minimum Gasteiger partial charge on any atom is -0.504 e. The second kappa shape index (κ2) is 10.1. The summed E-state index contributed by atoms with van der Waals surface area (Å²) in [5.41, 5.74) is -0.493. The van der Waals surface area contributed by atoms with E-state index in [0.717, 1.165) is 13.2 Å². The van der Waals surface area contributed by atoms with Crippen LogP contribution in [0.1, 0.15) is 0 Å². The van der Waals surface area contributed by atoms with Gasteiger partial charge in [0.15, 0.2) is 34.5 Å². The number of phenols is 2. The Morgan fingerprint density at radius 2 is 1.65 bits per heavy atom. The van der Waals surface area contributed by atoms with Gasteiger partial charge in [0, 0.05) is 17.7 Å². The molecule has 0 radical (unpaired) electrons. The van der Waals surface area contributed by atoms with E-state index < -0.39 is 47.9 Å². The van der Waals surface area contributed by atoms with Crippen LogP contribution in [0.25, 0.3) is 22.3 Å². The van der Waals surface area contributed by atoms with E-state index in [2.05, 4.69) is 4.74 Å². The number of rotatable bonds is 6. The Labute approximate surface area is 208 Å². The summed E-state index contributed by atoms with van der Waals surface area (Å²) in [6.45, 7) is 0. The Kier molecular flexibility index (Phi) is 7.14. The van der Waals surface area contributed by atoms with E-state index in [-0.39, 0.29) is 39.7 Å². The third-order valence-electron chi connectivity index (χ3n) is 5.83. The first-order valence-corrected chi connectivity index (χ1v) is 10.8. The van der Waals surface area contributed by atoms with Gasteiger partial charge in [0.05, 0.1) is 21.3 Å². The summed E-state index contributed by atoms with van der Waals surface area (Å²) >= 11 is 0. The number of aliphatic hydroxyl groups is 3. The molecular formula is C24H24O13. The predicted molar refractivity (Wildman–Crippen MR) is 124 cm³/mol. The van der Waals surface area contributed by atoms with Gasteiger partial charge < -0.3 is 53.6 Å². The number of aromatic hydroxyl groups is 2. The van der Waals surface area contributed by atoms with E-state index in [1.165, 1.54) is 38.5 Å². The van der Waals surface area contributed by atoms with Crippen molar-refractivity contribution in [1.29, 1.82) is 0 Å². The van der Waals surface area contributed by atoms with E-state index >= 15 is 0 Å². The summed E-state index contributed by atoms with van der Waals surface area (Å²) in [6.07, 6.45) is -8.92. The third kappa shape index (κ3) is 4.60. The summed E-state index contributed by atoms with van der Waals surface area (Å²) in [5.74, 6) is -2.27. The van der Waals surface area contributed by atoms with E-state index in [9.17, 15) is 35.1 Å². The largest absolute Gasteiger partial charge is 0.504 e. The van der Waals surface area contributed by atoms with E-state index in [1.807, 2.05) is 0 Å². The maximum atomic E-state index is 12.9. The fourth-order valence-electron chi connectivity index (χ4n) is 3.91. The number of ether oxygens (including phenoxy) is 5. The lowest BCUT2D eigenvalue weighted by atomic mass is 9.99. The molecule has 2 aromatic carbocycles. The third-order valence-corrected chi connectivity index (χ3v) is 5.83. The van der Waals surface area contributed by atoms with E-state index in [1.54, 1.807) is 0 Å². The van der Waals surface area contributed by atoms with Gasteiger partial charge in [-0.1, -0.05) is 0 Å². The van der Waals surface area contributed by atoms with Crippen LogP contribution in [-0.4, -0.2) is 83.5 Å². The number of carbonyl (C=O) groups is 1. The number of fused-ring (bicyclic) bond motifs is 1. The number of aliphatic hydroxyl groups excluding tert-OH is 3. The average molecular weight is 520 g/mol. The van der Waals surface area contributed by atoms with Crippen LogP contribution in [0.5, 0.6) is 28.7 Å². The quantitative estimate of drug-likeness (QED) is 0.278. The van der Waals surface area contributed by atoms with E-state index in [4.69, 9.17) is 23.4 Å². The first kappa shape index (κ1) is 26.0. The van der Waals surface area contributed by atoms with Crippen LogP contribution in [0.3, 0.4) is 0 Å². The van der Waals surface area contributed by atoms with Crippen LogP contribution in [-0.2, 0) is 14.3 Å². The maximum Gasteiger partial charge on any atom is 0.337 e. The smallest absolute Gasteiger partial charge is 0.337 e. The van der Waals surface area contributed by atoms with Crippen molar-refractivity contribution in [2.75, 3.05) is 21.3 Å². The molecule has 37 heavy (non-hydrogen) atoms.